The van der Waals surface area contributed by atoms with E-state index in [1.807, 2.05) is 19.1 Å². The Morgan fingerprint density at radius 3 is 2.72 bits per heavy atom. The largest absolute Gasteiger partial charge is 0.494 e. The Morgan fingerprint density at radius 1 is 1.07 bits per heavy atom. The molecule has 1 saturated heterocycles. The number of hydrogen-bond acceptors (Lipinski definition) is 4. The van der Waals surface area contributed by atoms with E-state index in [0.717, 1.165) is 44.9 Å². The van der Waals surface area contributed by atoms with E-state index in [1.165, 1.54) is 22.2 Å². The molecule has 0 spiro atoms. The van der Waals surface area contributed by atoms with Gasteiger partial charge in [-0.3, -0.25) is 9.80 Å². The molecule has 0 bridgehead atoms. The molecule has 2 aromatic carbocycles. The number of nitrogens with zero attached hydrogens (tertiary/aromatic N) is 2. The van der Waals surface area contributed by atoms with Gasteiger partial charge in [-0.1, -0.05) is 36.4 Å². The van der Waals surface area contributed by atoms with Gasteiger partial charge in [-0.05, 0) is 36.9 Å². The van der Waals surface area contributed by atoms with Crippen LogP contribution in [-0.2, 0) is 13.1 Å². The van der Waals surface area contributed by atoms with Crippen LogP contribution in [-0.4, -0.2) is 58.8 Å². The number of benzene rings is 2. The van der Waals surface area contributed by atoms with Crippen molar-refractivity contribution < 1.29 is 9.84 Å². The third kappa shape index (κ3) is 4.81. The van der Waals surface area contributed by atoms with E-state index < -0.39 is 0 Å². The summed E-state index contributed by atoms with van der Waals surface area (Å²) in [6.45, 7) is 7.67. The Hall–Kier alpha value is -2.34. The molecule has 0 amide bonds. The van der Waals surface area contributed by atoms with Gasteiger partial charge in [-0.2, -0.15) is 0 Å². The van der Waals surface area contributed by atoms with Gasteiger partial charge in [-0.25, -0.2) is 0 Å². The number of para-hydroxylation sites is 2. The van der Waals surface area contributed by atoms with Crippen molar-refractivity contribution in [2.45, 2.75) is 32.5 Å². The molecule has 0 unspecified atom stereocenters. The maximum Gasteiger partial charge on any atom is 0.123 e. The lowest BCUT2D eigenvalue weighted by Gasteiger charge is -2.41. The highest BCUT2D eigenvalue weighted by Gasteiger charge is 2.27. The van der Waals surface area contributed by atoms with E-state index in [-0.39, 0.29) is 6.61 Å². The van der Waals surface area contributed by atoms with E-state index >= 15 is 0 Å². The first-order valence-electron chi connectivity index (χ1n) is 10.6. The average Bonchev–Trinajstić information content (AvgIpc) is 3.14. The molecule has 154 valence electrons. The Bertz CT molecular complexity index is 890. The van der Waals surface area contributed by atoms with E-state index in [1.54, 1.807) is 0 Å². The number of H-pyrrole nitrogens is 1. The lowest BCUT2D eigenvalue weighted by Crippen LogP contribution is -2.52. The molecule has 3 aromatic rings. The monoisotopic (exact) mass is 393 g/mol. The minimum atomic E-state index is 0.217. The van der Waals surface area contributed by atoms with Crippen molar-refractivity contribution in [2.24, 2.45) is 0 Å². The van der Waals surface area contributed by atoms with Crippen molar-refractivity contribution in [3.05, 3.63) is 65.9 Å². The van der Waals surface area contributed by atoms with Crippen LogP contribution in [0.15, 0.2) is 54.6 Å². The second kappa shape index (κ2) is 9.44. The predicted octanol–water partition coefficient (Wildman–Crippen LogP) is 3.64. The van der Waals surface area contributed by atoms with Crippen LogP contribution in [0.1, 0.15) is 24.6 Å². The summed E-state index contributed by atoms with van der Waals surface area (Å²) >= 11 is 0. The van der Waals surface area contributed by atoms with Crippen LogP contribution in [0.5, 0.6) is 5.75 Å². The molecular formula is C24H31N3O2. The number of hydrogen-bond donors (Lipinski definition) is 2. The minimum absolute atomic E-state index is 0.217. The highest BCUT2D eigenvalue weighted by molar-refractivity contribution is 5.80. The molecular weight excluding hydrogens is 362 g/mol. The van der Waals surface area contributed by atoms with Crippen LogP contribution in [0.25, 0.3) is 10.9 Å². The summed E-state index contributed by atoms with van der Waals surface area (Å²) in [7, 11) is 0. The van der Waals surface area contributed by atoms with Gasteiger partial charge in [0.1, 0.15) is 5.75 Å². The smallest absolute Gasteiger partial charge is 0.123 e. The maximum atomic E-state index is 9.64. The zero-order valence-corrected chi connectivity index (χ0v) is 17.2. The number of piperazine rings is 1. The highest BCUT2D eigenvalue weighted by Crippen LogP contribution is 2.24. The Labute approximate surface area is 172 Å². The van der Waals surface area contributed by atoms with E-state index in [9.17, 15) is 5.11 Å². The van der Waals surface area contributed by atoms with Crippen molar-refractivity contribution in [3.63, 3.8) is 0 Å². The molecule has 2 heterocycles. The van der Waals surface area contributed by atoms with Gasteiger partial charge in [0, 0.05) is 62.1 Å². The Balaban J connectivity index is 1.43. The second-order valence-corrected chi connectivity index (χ2v) is 7.79. The highest BCUT2D eigenvalue weighted by atomic mass is 16.5. The van der Waals surface area contributed by atoms with Crippen molar-refractivity contribution in [2.75, 3.05) is 32.8 Å². The number of aliphatic hydroxyl groups excluding tert-OH is 1. The Kier molecular flexibility index (Phi) is 6.49. The second-order valence-electron chi connectivity index (χ2n) is 7.79. The molecule has 4 rings (SSSR count). The van der Waals surface area contributed by atoms with Crippen LogP contribution in [0, 0.1) is 0 Å². The van der Waals surface area contributed by atoms with Crippen LogP contribution in [0.2, 0.25) is 0 Å². The van der Waals surface area contributed by atoms with Gasteiger partial charge in [0.15, 0.2) is 0 Å². The number of aliphatic hydroxyl groups is 1. The van der Waals surface area contributed by atoms with Crippen molar-refractivity contribution >= 4 is 10.9 Å². The molecule has 5 nitrogen and oxygen atoms in total. The third-order valence-electron chi connectivity index (χ3n) is 5.78. The zero-order chi connectivity index (χ0) is 20.1. The molecule has 0 saturated carbocycles. The fourth-order valence-electron chi connectivity index (χ4n) is 4.34. The lowest BCUT2D eigenvalue weighted by molar-refractivity contribution is 0.0489. The number of ether oxygens (including phenoxy) is 1. The van der Waals surface area contributed by atoms with Crippen LogP contribution < -0.4 is 4.74 Å². The number of aromatic nitrogens is 1. The molecule has 0 aliphatic carbocycles. The molecule has 5 heteroatoms. The first-order valence-corrected chi connectivity index (χ1v) is 10.6. The fourth-order valence-corrected chi connectivity index (χ4v) is 4.34. The standard InChI is InChI=1S/C24H31N3O2/c1-2-29-24-10-6-4-8-20(24)16-27-13-12-26(18-22(27)11-14-28)17-21-15-19-7-3-5-9-23(19)25-21/h3-10,15,22,25,28H,2,11-14,16-18H2,1H3/t22-/m0/s1. The average molecular weight is 394 g/mol. The summed E-state index contributed by atoms with van der Waals surface area (Å²) in [6, 6.07) is 19.3. The molecule has 1 aliphatic heterocycles. The quantitative estimate of drug-likeness (QED) is 0.614. The van der Waals surface area contributed by atoms with Crippen LogP contribution >= 0.6 is 0 Å². The lowest BCUT2D eigenvalue weighted by atomic mass is 10.1. The minimum Gasteiger partial charge on any atom is -0.494 e. The molecule has 1 atom stereocenters. The van der Waals surface area contributed by atoms with E-state index in [0.29, 0.717) is 12.6 Å². The molecule has 1 aliphatic rings. The fraction of sp³-hybridized carbons (Fsp3) is 0.417. The summed E-state index contributed by atoms with van der Waals surface area (Å²) in [5.41, 5.74) is 3.67. The molecule has 29 heavy (non-hydrogen) atoms. The number of nitrogens with one attached hydrogen (secondary N) is 1. The normalized spacial score (nSPS) is 18.3. The van der Waals surface area contributed by atoms with Crippen molar-refractivity contribution in [1.82, 2.24) is 14.8 Å². The summed E-state index contributed by atoms with van der Waals surface area (Å²) < 4.78 is 5.81. The first kappa shape index (κ1) is 20.0. The van der Waals surface area contributed by atoms with Crippen LogP contribution in [0.4, 0.5) is 0 Å². The zero-order valence-electron chi connectivity index (χ0n) is 17.2. The molecule has 1 aromatic heterocycles. The van der Waals surface area contributed by atoms with Gasteiger partial charge in [-0.15, -0.1) is 0 Å². The van der Waals surface area contributed by atoms with Crippen molar-refractivity contribution in [1.29, 1.82) is 0 Å². The van der Waals surface area contributed by atoms with Gasteiger partial charge in [0.05, 0.1) is 6.61 Å². The SMILES string of the molecule is CCOc1ccccc1CN1CCN(Cc2cc3ccccc3[nH]2)C[C@@H]1CCO. The van der Waals surface area contributed by atoms with Gasteiger partial charge >= 0.3 is 0 Å². The van der Waals surface area contributed by atoms with Crippen LogP contribution in [0.3, 0.4) is 0 Å². The summed E-state index contributed by atoms with van der Waals surface area (Å²) in [6.07, 6.45) is 0.792. The molecule has 2 N–H and O–H groups in total. The topological polar surface area (TPSA) is 51.7 Å². The maximum absolute atomic E-state index is 9.64. The van der Waals surface area contributed by atoms with Crippen molar-refractivity contribution in [3.8, 4) is 5.75 Å². The first-order chi connectivity index (χ1) is 14.3. The predicted molar refractivity (Wildman–Crippen MR) is 117 cm³/mol. The van der Waals surface area contributed by atoms with Gasteiger partial charge in [0.25, 0.3) is 0 Å². The summed E-state index contributed by atoms with van der Waals surface area (Å²) in [4.78, 5) is 8.53. The Morgan fingerprint density at radius 2 is 1.90 bits per heavy atom. The third-order valence-corrected chi connectivity index (χ3v) is 5.78. The number of rotatable bonds is 8. The van der Waals surface area contributed by atoms with Gasteiger partial charge < -0.3 is 14.8 Å². The summed E-state index contributed by atoms with van der Waals surface area (Å²) in [5, 5.41) is 10.9. The van der Waals surface area contributed by atoms with E-state index in [2.05, 4.69) is 57.2 Å². The van der Waals surface area contributed by atoms with Gasteiger partial charge in [0.2, 0.25) is 0 Å². The summed E-state index contributed by atoms with van der Waals surface area (Å²) in [5.74, 6) is 0.971. The van der Waals surface area contributed by atoms with E-state index in [4.69, 9.17) is 4.74 Å². The number of aromatic amines is 1. The molecule has 1 fully saturated rings. The number of fused-ring (bicyclic) bond motifs is 1. The molecule has 0 radical (unpaired) electrons.